The van der Waals surface area contributed by atoms with Crippen LogP contribution in [0.25, 0.3) is 0 Å². The third kappa shape index (κ3) is 3.72. The molecule has 0 aliphatic carbocycles. The maximum absolute atomic E-state index is 12.6. The standard InChI is InChI=1S/C16H14F3NOS2/c17-16(18,19)12-5-3-11(4-6-12)15-20(7-9-23-15)14(21)10-13-2-1-8-22-13/h1-6,8,15H,7,9-10H2. The molecule has 0 N–H and O–H groups in total. The average molecular weight is 357 g/mol. The first-order valence-electron chi connectivity index (χ1n) is 7.06. The second kappa shape index (κ2) is 6.57. The predicted molar refractivity (Wildman–Crippen MR) is 86.4 cm³/mol. The van der Waals surface area contributed by atoms with Crippen molar-refractivity contribution < 1.29 is 18.0 Å². The Labute approximate surface area is 140 Å². The van der Waals surface area contributed by atoms with E-state index in [0.29, 0.717) is 13.0 Å². The summed E-state index contributed by atoms with van der Waals surface area (Å²) in [4.78, 5) is 15.2. The average Bonchev–Trinajstić information content (AvgIpc) is 3.17. The molecule has 1 amide bonds. The number of benzene rings is 1. The van der Waals surface area contributed by atoms with Crippen LogP contribution in [0.15, 0.2) is 41.8 Å². The van der Waals surface area contributed by atoms with Gasteiger partial charge in [-0.2, -0.15) is 13.2 Å². The fourth-order valence-electron chi connectivity index (χ4n) is 2.50. The molecule has 1 unspecified atom stereocenters. The number of alkyl halides is 3. The molecule has 1 aliphatic rings. The van der Waals surface area contributed by atoms with Crippen molar-refractivity contribution in [2.24, 2.45) is 0 Å². The monoisotopic (exact) mass is 357 g/mol. The number of halogens is 3. The van der Waals surface area contributed by atoms with Crippen LogP contribution in [0, 0.1) is 0 Å². The van der Waals surface area contributed by atoms with Crippen molar-refractivity contribution in [1.29, 1.82) is 0 Å². The van der Waals surface area contributed by atoms with Crippen molar-refractivity contribution in [2.45, 2.75) is 18.0 Å². The minimum absolute atomic E-state index is 0.0161. The second-order valence-corrected chi connectivity index (χ2v) is 7.41. The van der Waals surface area contributed by atoms with E-state index in [1.165, 1.54) is 23.5 Å². The van der Waals surface area contributed by atoms with Crippen LogP contribution < -0.4 is 0 Å². The number of carbonyl (C=O) groups excluding carboxylic acids is 1. The topological polar surface area (TPSA) is 20.3 Å². The second-order valence-electron chi connectivity index (χ2n) is 5.19. The number of rotatable bonds is 3. The molecule has 7 heteroatoms. The molecule has 0 radical (unpaired) electrons. The van der Waals surface area contributed by atoms with E-state index in [1.54, 1.807) is 16.7 Å². The summed E-state index contributed by atoms with van der Waals surface area (Å²) in [5.41, 5.74) is 0.0701. The Balaban J connectivity index is 1.74. The van der Waals surface area contributed by atoms with Crippen molar-refractivity contribution in [1.82, 2.24) is 4.90 Å². The van der Waals surface area contributed by atoms with E-state index in [-0.39, 0.29) is 11.3 Å². The number of carbonyl (C=O) groups is 1. The summed E-state index contributed by atoms with van der Waals surface area (Å²) in [6, 6.07) is 8.92. The smallest absolute Gasteiger partial charge is 0.325 e. The molecule has 23 heavy (non-hydrogen) atoms. The summed E-state index contributed by atoms with van der Waals surface area (Å²) >= 11 is 3.12. The Morgan fingerprint density at radius 3 is 2.57 bits per heavy atom. The Morgan fingerprint density at radius 1 is 1.22 bits per heavy atom. The van der Waals surface area contributed by atoms with E-state index >= 15 is 0 Å². The molecular weight excluding hydrogens is 343 g/mol. The first-order chi connectivity index (χ1) is 10.9. The Kier molecular flexibility index (Phi) is 4.68. The molecule has 3 rings (SSSR count). The van der Waals surface area contributed by atoms with E-state index in [1.807, 2.05) is 17.5 Å². The maximum Gasteiger partial charge on any atom is 0.416 e. The highest BCUT2D eigenvalue weighted by Crippen LogP contribution is 2.39. The van der Waals surface area contributed by atoms with Gasteiger partial charge in [0.25, 0.3) is 0 Å². The van der Waals surface area contributed by atoms with Gasteiger partial charge < -0.3 is 4.90 Å². The fourth-order valence-corrected chi connectivity index (χ4v) is 4.48. The van der Waals surface area contributed by atoms with Gasteiger partial charge in [-0.25, -0.2) is 0 Å². The van der Waals surface area contributed by atoms with Gasteiger partial charge in [-0.3, -0.25) is 4.79 Å². The highest BCUT2D eigenvalue weighted by Gasteiger charge is 2.33. The Hall–Kier alpha value is -1.47. The lowest BCUT2D eigenvalue weighted by Gasteiger charge is -2.24. The van der Waals surface area contributed by atoms with Crippen molar-refractivity contribution in [3.8, 4) is 0 Å². The van der Waals surface area contributed by atoms with E-state index < -0.39 is 11.7 Å². The van der Waals surface area contributed by atoms with E-state index in [9.17, 15) is 18.0 Å². The third-order valence-corrected chi connectivity index (χ3v) is 5.78. The molecule has 122 valence electrons. The van der Waals surface area contributed by atoms with Crippen LogP contribution in [0.3, 0.4) is 0 Å². The molecule has 2 nitrogen and oxygen atoms in total. The number of hydrogen-bond donors (Lipinski definition) is 0. The highest BCUT2D eigenvalue weighted by atomic mass is 32.2. The molecular formula is C16H14F3NOS2. The zero-order chi connectivity index (χ0) is 16.4. The zero-order valence-electron chi connectivity index (χ0n) is 12.0. The van der Waals surface area contributed by atoms with Crippen LogP contribution >= 0.6 is 23.1 Å². The summed E-state index contributed by atoms with van der Waals surface area (Å²) in [6.07, 6.45) is -3.99. The molecule has 0 bridgehead atoms. The van der Waals surface area contributed by atoms with Gasteiger partial charge in [0.1, 0.15) is 5.37 Å². The lowest BCUT2D eigenvalue weighted by molar-refractivity contribution is -0.137. The molecule has 1 aliphatic heterocycles. The van der Waals surface area contributed by atoms with Crippen LogP contribution in [0.4, 0.5) is 13.2 Å². The van der Waals surface area contributed by atoms with Gasteiger partial charge >= 0.3 is 6.18 Å². The molecule has 0 saturated carbocycles. The number of thiophene rings is 1. The van der Waals surface area contributed by atoms with Crippen LogP contribution in [-0.2, 0) is 17.4 Å². The van der Waals surface area contributed by atoms with E-state index in [2.05, 4.69) is 0 Å². The highest BCUT2D eigenvalue weighted by molar-refractivity contribution is 7.99. The molecule has 1 aromatic carbocycles. The number of amides is 1. The van der Waals surface area contributed by atoms with Crippen molar-refractivity contribution in [2.75, 3.05) is 12.3 Å². The van der Waals surface area contributed by atoms with Gasteiger partial charge in [-0.1, -0.05) is 18.2 Å². The van der Waals surface area contributed by atoms with E-state index in [4.69, 9.17) is 0 Å². The first-order valence-corrected chi connectivity index (χ1v) is 8.98. The summed E-state index contributed by atoms with van der Waals surface area (Å²) in [5.74, 6) is 0.810. The molecule has 1 fully saturated rings. The van der Waals surface area contributed by atoms with Crippen molar-refractivity contribution >= 4 is 29.0 Å². The Bertz CT molecular complexity index is 668. The lowest BCUT2D eigenvalue weighted by Crippen LogP contribution is -2.31. The van der Waals surface area contributed by atoms with Gasteiger partial charge in [0.15, 0.2) is 0 Å². The van der Waals surface area contributed by atoms with Gasteiger partial charge in [0, 0.05) is 17.2 Å². The van der Waals surface area contributed by atoms with Crippen LogP contribution in [0.5, 0.6) is 0 Å². The summed E-state index contributed by atoms with van der Waals surface area (Å²) < 4.78 is 37.9. The van der Waals surface area contributed by atoms with Crippen LogP contribution in [-0.4, -0.2) is 23.1 Å². The number of hydrogen-bond acceptors (Lipinski definition) is 3. The number of nitrogens with zero attached hydrogens (tertiary/aromatic N) is 1. The SMILES string of the molecule is O=C(Cc1cccs1)N1CCSC1c1ccc(C(F)(F)F)cc1. The molecule has 1 aromatic heterocycles. The normalized spacial score (nSPS) is 18.4. The maximum atomic E-state index is 12.6. The fraction of sp³-hybridized carbons (Fsp3) is 0.312. The molecule has 0 spiro atoms. The van der Waals surface area contributed by atoms with Gasteiger partial charge in [0.2, 0.25) is 5.91 Å². The summed E-state index contributed by atoms with van der Waals surface area (Å²) in [7, 11) is 0. The summed E-state index contributed by atoms with van der Waals surface area (Å²) in [6.45, 7) is 0.626. The molecule has 1 saturated heterocycles. The van der Waals surface area contributed by atoms with Gasteiger partial charge in [-0.15, -0.1) is 23.1 Å². The largest absolute Gasteiger partial charge is 0.416 e. The van der Waals surface area contributed by atoms with Crippen LogP contribution in [0.2, 0.25) is 0 Å². The first kappa shape index (κ1) is 16.4. The number of thioether (sulfide) groups is 1. The third-order valence-electron chi connectivity index (χ3n) is 3.64. The minimum atomic E-state index is -4.34. The van der Waals surface area contributed by atoms with Crippen molar-refractivity contribution in [3.63, 3.8) is 0 Å². The summed E-state index contributed by atoms with van der Waals surface area (Å²) in [5, 5.41) is 1.72. The van der Waals surface area contributed by atoms with Crippen LogP contribution in [0.1, 0.15) is 21.4 Å². The van der Waals surface area contributed by atoms with E-state index in [0.717, 1.165) is 28.3 Å². The van der Waals surface area contributed by atoms with Gasteiger partial charge in [0.05, 0.1) is 12.0 Å². The predicted octanol–water partition coefficient (Wildman–Crippen LogP) is 4.58. The van der Waals surface area contributed by atoms with Crippen molar-refractivity contribution in [3.05, 3.63) is 57.8 Å². The zero-order valence-corrected chi connectivity index (χ0v) is 13.7. The molecule has 2 aromatic rings. The molecule has 1 atom stereocenters. The van der Waals surface area contributed by atoms with Gasteiger partial charge in [-0.05, 0) is 29.1 Å². The lowest BCUT2D eigenvalue weighted by atomic mass is 10.1. The minimum Gasteiger partial charge on any atom is -0.325 e. The quantitative estimate of drug-likeness (QED) is 0.801. The molecule has 2 heterocycles. The Morgan fingerprint density at radius 2 is 1.96 bits per heavy atom.